The highest BCUT2D eigenvalue weighted by Crippen LogP contribution is 2.24. The van der Waals surface area contributed by atoms with Crippen LogP contribution in [0.15, 0.2) is 84.9 Å². The molecule has 4 aromatic rings. The zero-order valence-corrected chi connectivity index (χ0v) is 15.5. The van der Waals surface area contributed by atoms with Gasteiger partial charge in [0.05, 0.1) is 0 Å². The molecule has 4 rings (SSSR count). The Morgan fingerprint density at radius 2 is 0.840 bits per heavy atom. The van der Waals surface area contributed by atoms with E-state index in [0.717, 1.165) is 11.1 Å². The van der Waals surface area contributed by atoms with Crippen molar-refractivity contribution >= 4 is 22.6 Å². The van der Waals surface area contributed by atoms with Crippen LogP contribution in [0.4, 0.5) is 0 Å². The fraction of sp³-hybridized carbons (Fsp3) is 0. The van der Waals surface area contributed by atoms with Crippen LogP contribution in [-0.4, -0.2) is 15.0 Å². The first-order chi connectivity index (χ1) is 12.3. The van der Waals surface area contributed by atoms with E-state index in [1.165, 1.54) is 11.1 Å². The highest BCUT2D eigenvalue weighted by Gasteiger charge is 2.09. The van der Waals surface area contributed by atoms with Gasteiger partial charge >= 0.3 is 0 Å². The number of hydrogen-bond donors (Lipinski definition) is 0. The van der Waals surface area contributed by atoms with Crippen molar-refractivity contribution in [1.82, 2.24) is 15.0 Å². The molecule has 0 aliphatic heterocycles. The van der Waals surface area contributed by atoms with Crippen molar-refractivity contribution in [1.29, 1.82) is 0 Å². The molecule has 1 aromatic heterocycles. The minimum atomic E-state index is 0.689. The van der Waals surface area contributed by atoms with Crippen molar-refractivity contribution in [2.24, 2.45) is 0 Å². The summed E-state index contributed by atoms with van der Waals surface area (Å²) < 4.78 is 0.689. The van der Waals surface area contributed by atoms with E-state index >= 15 is 0 Å². The van der Waals surface area contributed by atoms with Gasteiger partial charge in [-0.15, -0.1) is 0 Å². The first-order valence-electron chi connectivity index (χ1n) is 7.92. The Balaban J connectivity index is 1.71. The van der Waals surface area contributed by atoms with Crippen molar-refractivity contribution in [3.8, 4) is 33.9 Å². The first kappa shape index (κ1) is 15.9. The van der Waals surface area contributed by atoms with Crippen LogP contribution in [0.25, 0.3) is 33.9 Å². The molecule has 3 aromatic carbocycles. The van der Waals surface area contributed by atoms with Crippen LogP contribution in [0.5, 0.6) is 0 Å². The number of nitrogens with zero attached hydrogens (tertiary/aromatic N) is 3. The number of aromatic nitrogens is 3. The van der Waals surface area contributed by atoms with Crippen LogP contribution in [0.2, 0.25) is 0 Å². The highest BCUT2D eigenvalue weighted by atomic mass is 127. The molecule has 0 amide bonds. The predicted octanol–water partition coefficient (Wildman–Crippen LogP) is 5.48. The summed E-state index contributed by atoms with van der Waals surface area (Å²) in [5, 5.41) is 0. The molecule has 0 fully saturated rings. The summed E-state index contributed by atoms with van der Waals surface area (Å²) in [5.41, 5.74) is 4.35. The third kappa shape index (κ3) is 3.58. The molecule has 0 saturated carbocycles. The van der Waals surface area contributed by atoms with Gasteiger partial charge in [-0.25, -0.2) is 15.0 Å². The van der Waals surface area contributed by atoms with Gasteiger partial charge < -0.3 is 0 Å². The van der Waals surface area contributed by atoms with Crippen LogP contribution in [0.3, 0.4) is 0 Å². The Bertz CT molecular complexity index is 985. The second-order valence-corrected chi connectivity index (χ2v) is 6.53. The summed E-state index contributed by atoms with van der Waals surface area (Å²) in [6.07, 6.45) is 0. The molecular formula is C21H14IN3. The van der Waals surface area contributed by atoms with E-state index in [9.17, 15) is 0 Å². The summed E-state index contributed by atoms with van der Waals surface area (Å²) in [4.78, 5) is 13.6. The molecule has 0 aliphatic carbocycles. The molecule has 120 valence electrons. The average Bonchev–Trinajstić information content (AvgIpc) is 2.69. The number of hydrogen-bond acceptors (Lipinski definition) is 3. The van der Waals surface area contributed by atoms with Gasteiger partial charge in [-0.05, 0) is 11.1 Å². The zero-order chi connectivity index (χ0) is 17.1. The summed E-state index contributed by atoms with van der Waals surface area (Å²) in [6, 6.07) is 28.6. The van der Waals surface area contributed by atoms with E-state index < -0.39 is 0 Å². The van der Waals surface area contributed by atoms with Crippen molar-refractivity contribution in [2.45, 2.75) is 0 Å². The standard InChI is InChI=1S/C21H14IN3/c22-21-24-19(17-9-5-2-6-10-17)23-20(25-21)18-13-11-16(12-14-18)15-7-3-1-4-8-15/h1-14H. The minimum Gasteiger partial charge on any atom is -0.208 e. The molecule has 0 unspecified atom stereocenters. The number of halogens is 1. The maximum absolute atomic E-state index is 4.65. The number of rotatable bonds is 3. The molecule has 1 heterocycles. The Morgan fingerprint density at radius 1 is 0.440 bits per heavy atom. The van der Waals surface area contributed by atoms with E-state index in [4.69, 9.17) is 0 Å². The van der Waals surface area contributed by atoms with Crippen molar-refractivity contribution < 1.29 is 0 Å². The lowest BCUT2D eigenvalue weighted by atomic mass is 10.0. The van der Waals surface area contributed by atoms with E-state index in [1.54, 1.807) is 0 Å². The summed E-state index contributed by atoms with van der Waals surface area (Å²) in [6.45, 7) is 0. The van der Waals surface area contributed by atoms with Gasteiger partial charge in [0.1, 0.15) is 0 Å². The van der Waals surface area contributed by atoms with Gasteiger partial charge in [0.25, 0.3) is 0 Å². The van der Waals surface area contributed by atoms with Gasteiger partial charge in [0.15, 0.2) is 15.5 Å². The van der Waals surface area contributed by atoms with Crippen molar-refractivity contribution in [3.05, 3.63) is 88.8 Å². The van der Waals surface area contributed by atoms with E-state index in [2.05, 4.69) is 73.9 Å². The van der Waals surface area contributed by atoms with Gasteiger partial charge in [0, 0.05) is 33.7 Å². The highest BCUT2D eigenvalue weighted by molar-refractivity contribution is 14.1. The van der Waals surface area contributed by atoms with Gasteiger partial charge in [-0.3, -0.25) is 0 Å². The molecule has 0 bridgehead atoms. The lowest BCUT2D eigenvalue weighted by Crippen LogP contribution is -1.99. The first-order valence-corrected chi connectivity index (χ1v) is 9.00. The second kappa shape index (κ2) is 7.11. The molecule has 0 spiro atoms. The molecule has 4 heteroatoms. The van der Waals surface area contributed by atoms with Crippen LogP contribution in [0.1, 0.15) is 0 Å². The molecule has 3 nitrogen and oxygen atoms in total. The largest absolute Gasteiger partial charge is 0.208 e. The molecule has 0 saturated heterocycles. The van der Waals surface area contributed by atoms with Gasteiger partial charge in [-0.2, -0.15) is 0 Å². The third-order valence-corrected chi connectivity index (χ3v) is 4.37. The summed E-state index contributed by atoms with van der Waals surface area (Å²) in [7, 11) is 0. The average molecular weight is 435 g/mol. The van der Waals surface area contributed by atoms with Crippen LogP contribution in [0, 0.1) is 3.83 Å². The minimum absolute atomic E-state index is 0.689. The van der Waals surface area contributed by atoms with Crippen LogP contribution in [-0.2, 0) is 0 Å². The van der Waals surface area contributed by atoms with Crippen LogP contribution < -0.4 is 0 Å². The summed E-state index contributed by atoms with van der Waals surface area (Å²) in [5.74, 6) is 1.39. The van der Waals surface area contributed by atoms with Crippen LogP contribution >= 0.6 is 22.6 Å². The molecule has 25 heavy (non-hydrogen) atoms. The Hall–Kier alpha value is -2.60. The quantitative estimate of drug-likeness (QED) is 0.401. The monoisotopic (exact) mass is 435 g/mol. The second-order valence-electron chi connectivity index (χ2n) is 5.56. The van der Waals surface area contributed by atoms with E-state index in [0.29, 0.717) is 15.5 Å². The molecule has 0 N–H and O–H groups in total. The molecule has 0 atom stereocenters. The van der Waals surface area contributed by atoms with Crippen molar-refractivity contribution in [2.75, 3.05) is 0 Å². The maximum Gasteiger partial charge on any atom is 0.194 e. The van der Waals surface area contributed by atoms with Gasteiger partial charge in [0.2, 0.25) is 0 Å². The zero-order valence-electron chi connectivity index (χ0n) is 13.3. The molecule has 0 radical (unpaired) electrons. The van der Waals surface area contributed by atoms with E-state index in [1.807, 2.05) is 48.5 Å². The van der Waals surface area contributed by atoms with Crippen molar-refractivity contribution in [3.63, 3.8) is 0 Å². The van der Waals surface area contributed by atoms with Gasteiger partial charge in [-0.1, -0.05) is 84.9 Å². The SMILES string of the molecule is Ic1nc(-c2ccccc2)nc(-c2ccc(-c3ccccc3)cc2)n1. The predicted molar refractivity (Wildman–Crippen MR) is 109 cm³/mol. The normalized spacial score (nSPS) is 10.6. The topological polar surface area (TPSA) is 38.7 Å². The molecule has 0 aliphatic rings. The Morgan fingerprint density at radius 3 is 1.40 bits per heavy atom. The number of benzene rings is 3. The fourth-order valence-corrected chi connectivity index (χ4v) is 3.09. The smallest absolute Gasteiger partial charge is 0.194 e. The Labute approximate surface area is 160 Å². The lowest BCUT2D eigenvalue weighted by Gasteiger charge is -2.06. The van der Waals surface area contributed by atoms with E-state index in [-0.39, 0.29) is 0 Å². The maximum atomic E-state index is 4.65. The lowest BCUT2D eigenvalue weighted by molar-refractivity contribution is 1.02. The fourth-order valence-electron chi connectivity index (χ4n) is 2.64. The third-order valence-electron chi connectivity index (χ3n) is 3.89. The molecular weight excluding hydrogens is 421 g/mol. The Kier molecular flexibility index (Phi) is 4.52. The summed E-state index contributed by atoms with van der Waals surface area (Å²) >= 11 is 2.14.